The van der Waals surface area contributed by atoms with Crippen molar-refractivity contribution < 1.29 is 4.39 Å². The normalized spacial score (nSPS) is 11.1. The maximum absolute atomic E-state index is 13.0. The first-order valence-corrected chi connectivity index (χ1v) is 5.56. The highest BCUT2D eigenvalue weighted by molar-refractivity contribution is 5.03. The van der Waals surface area contributed by atoms with Crippen molar-refractivity contribution in [3.63, 3.8) is 0 Å². The Hall–Kier alpha value is -1.23. The van der Waals surface area contributed by atoms with Crippen LogP contribution < -0.4 is 5.56 Å². The minimum Gasteiger partial charge on any atom is -0.308 e. The van der Waals surface area contributed by atoms with E-state index in [4.69, 9.17) is 0 Å². The predicted molar refractivity (Wildman–Crippen MR) is 61.0 cm³/mol. The van der Waals surface area contributed by atoms with Crippen LogP contribution in [0, 0.1) is 12.7 Å². The van der Waals surface area contributed by atoms with Crippen molar-refractivity contribution in [2.45, 2.75) is 27.2 Å². The number of aryl methyl sites for hydroxylation is 1. The van der Waals surface area contributed by atoms with Crippen LogP contribution in [0.4, 0.5) is 4.39 Å². The van der Waals surface area contributed by atoms with Gasteiger partial charge in [0.05, 0.1) is 5.69 Å². The summed E-state index contributed by atoms with van der Waals surface area (Å²) in [6.07, 6.45) is 0.637. The second-order valence-electron chi connectivity index (χ2n) is 3.69. The van der Waals surface area contributed by atoms with Crippen molar-refractivity contribution in [3.05, 3.63) is 27.7 Å². The lowest BCUT2D eigenvalue weighted by Crippen LogP contribution is -2.27. The molecule has 0 saturated carbocycles. The molecule has 1 aromatic rings. The maximum atomic E-state index is 13.0. The number of H-pyrrole nitrogens is 1. The number of nitrogens with zero attached hydrogens (tertiary/aromatic N) is 2. The summed E-state index contributed by atoms with van der Waals surface area (Å²) >= 11 is 0. The highest BCUT2D eigenvalue weighted by atomic mass is 19.1. The summed E-state index contributed by atoms with van der Waals surface area (Å²) < 4.78 is 13.0. The Kier molecular flexibility index (Phi) is 4.61. The molecular weight excluding hydrogens is 209 g/mol. The molecule has 1 N–H and O–H groups in total. The van der Waals surface area contributed by atoms with Crippen molar-refractivity contribution in [2.24, 2.45) is 0 Å². The molecule has 0 aliphatic heterocycles. The number of rotatable bonds is 5. The van der Waals surface area contributed by atoms with Gasteiger partial charge < -0.3 is 9.88 Å². The van der Waals surface area contributed by atoms with Gasteiger partial charge in [-0.3, -0.25) is 4.79 Å². The summed E-state index contributed by atoms with van der Waals surface area (Å²) in [6.45, 7) is 8.40. The number of hydrogen-bond donors (Lipinski definition) is 1. The standard InChI is InChI=1S/C11H18FN3O/c1-4-15(5-2)7-6-9-13-8(3)10(12)11(16)14-9/h4-7H2,1-3H3,(H,13,14,16). The number of halogens is 1. The molecule has 16 heavy (non-hydrogen) atoms. The molecule has 0 fully saturated rings. The average Bonchev–Trinajstić information content (AvgIpc) is 2.27. The van der Waals surface area contributed by atoms with E-state index in [0.29, 0.717) is 12.2 Å². The fourth-order valence-electron chi connectivity index (χ4n) is 1.55. The van der Waals surface area contributed by atoms with Crippen molar-refractivity contribution >= 4 is 0 Å². The van der Waals surface area contributed by atoms with Gasteiger partial charge in [-0.25, -0.2) is 4.98 Å². The van der Waals surface area contributed by atoms with Crippen LogP contribution >= 0.6 is 0 Å². The van der Waals surface area contributed by atoms with E-state index in [9.17, 15) is 9.18 Å². The van der Waals surface area contributed by atoms with Gasteiger partial charge in [-0.1, -0.05) is 13.8 Å². The van der Waals surface area contributed by atoms with Gasteiger partial charge in [-0.05, 0) is 20.0 Å². The van der Waals surface area contributed by atoms with Crippen LogP contribution in [-0.4, -0.2) is 34.5 Å². The molecule has 0 unspecified atom stereocenters. The number of nitrogens with one attached hydrogen (secondary N) is 1. The van der Waals surface area contributed by atoms with Crippen LogP contribution in [0.15, 0.2) is 4.79 Å². The molecule has 0 bridgehead atoms. The van der Waals surface area contributed by atoms with Crippen LogP contribution in [0.3, 0.4) is 0 Å². The third-order valence-corrected chi connectivity index (χ3v) is 2.64. The molecule has 0 saturated heterocycles. The lowest BCUT2D eigenvalue weighted by Gasteiger charge is -2.17. The van der Waals surface area contributed by atoms with Gasteiger partial charge >= 0.3 is 0 Å². The summed E-state index contributed by atoms with van der Waals surface area (Å²) in [7, 11) is 0. The van der Waals surface area contributed by atoms with Gasteiger partial charge in [-0.2, -0.15) is 4.39 Å². The van der Waals surface area contributed by atoms with Crippen LogP contribution in [0.25, 0.3) is 0 Å². The first kappa shape index (κ1) is 12.8. The fourth-order valence-corrected chi connectivity index (χ4v) is 1.55. The fraction of sp³-hybridized carbons (Fsp3) is 0.636. The quantitative estimate of drug-likeness (QED) is 0.819. The van der Waals surface area contributed by atoms with E-state index in [-0.39, 0.29) is 5.69 Å². The Morgan fingerprint density at radius 3 is 2.50 bits per heavy atom. The third-order valence-electron chi connectivity index (χ3n) is 2.64. The predicted octanol–water partition coefficient (Wildman–Crippen LogP) is 1.10. The summed E-state index contributed by atoms with van der Waals surface area (Å²) in [5.74, 6) is -0.234. The first-order chi connectivity index (χ1) is 7.58. The highest BCUT2D eigenvalue weighted by Gasteiger charge is 2.07. The number of hydrogen-bond acceptors (Lipinski definition) is 3. The monoisotopic (exact) mass is 227 g/mol. The Labute approximate surface area is 94.5 Å². The molecule has 1 heterocycles. The summed E-state index contributed by atoms with van der Waals surface area (Å²) in [5, 5.41) is 0. The zero-order valence-electron chi connectivity index (χ0n) is 10.0. The maximum Gasteiger partial charge on any atom is 0.287 e. The largest absolute Gasteiger partial charge is 0.308 e. The van der Waals surface area contributed by atoms with E-state index < -0.39 is 11.4 Å². The van der Waals surface area contributed by atoms with E-state index >= 15 is 0 Å². The minimum atomic E-state index is -0.786. The van der Waals surface area contributed by atoms with Crippen molar-refractivity contribution in [1.29, 1.82) is 0 Å². The molecule has 0 spiro atoms. The second kappa shape index (κ2) is 5.75. The summed E-state index contributed by atoms with van der Waals surface area (Å²) in [5.41, 5.74) is -0.514. The number of aromatic amines is 1. The smallest absolute Gasteiger partial charge is 0.287 e. The Bertz CT molecular complexity index is 399. The van der Waals surface area contributed by atoms with Gasteiger partial charge in [0, 0.05) is 13.0 Å². The first-order valence-electron chi connectivity index (χ1n) is 5.56. The topological polar surface area (TPSA) is 49.0 Å². The molecule has 0 aliphatic carbocycles. The lowest BCUT2D eigenvalue weighted by molar-refractivity contribution is 0.305. The molecule has 4 nitrogen and oxygen atoms in total. The van der Waals surface area contributed by atoms with Crippen LogP contribution in [0.5, 0.6) is 0 Å². The van der Waals surface area contributed by atoms with Crippen LogP contribution in [-0.2, 0) is 6.42 Å². The molecule has 0 amide bonds. The molecule has 90 valence electrons. The molecular formula is C11H18FN3O. The van der Waals surface area contributed by atoms with Gasteiger partial charge in [0.1, 0.15) is 5.82 Å². The minimum absolute atomic E-state index is 0.165. The van der Waals surface area contributed by atoms with Crippen molar-refractivity contribution in [1.82, 2.24) is 14.9 Å². The van der Waals surface area contributed by atoms with Crippen molar-refractivity contribution in [2.75, 3.05) is 19.6 Å². The number of aromatic nitrogens is 2. The summed E-state index contributed by atoms with van der Waals surface area (Å²) in [6, 6.07) is 0. The molecule has 5 heteroatoms. The van der Waals surface area contributed by atoms with E-state index in [1.54, 1.807) is 0 Å². The van der Waals surface area contributed by atoms with Crippen LogP contribution in [0.2, 0.25) is 0 Å². The van der Waals surface area contributed by atoms with Gasteiger partial charge in [0.25, 0.3) is 5.56 Å². The zero-order valence-corrected chi connectivity index (χ0v) is 10.0. The molecule has 0 atom stereocenters. The van der Waals surface area contributed by atoms with Crippen molar-refractivity contribution in [3.8, 4) is 0 Å². The zero-order chi connectivity index (χ0) is 12.1. The second-order valence-corrected chi connectivity index (χ2v) is 3.69. The SMILES string of the molecule is CCN(CC)CCc1nc(C)c(F)c(=O)[nH]1. The Balaban J connectivity index is 2.72. The Morgan fingerprint density at radius 2 is 2.00 bits per heavy atom. The third kappa shape index (κ3) is 3.13. The average molecular weight is 227 g/mol. The van der Waals surface area contributed by atoms with E-state index in [0.717, 1.165) is 19.6 Å². The van der Waals surface area contributed by atoms with E-state index in [1.807, 2.05) is 0 Å². The summed E-state index contributed by atoms with van der Waals surface area (Å²) in [4.78, 5) is 19.8. The Morgan fingerprint density at radius 1 is 1.38 bits per heavy atom. The molecule has 1 rings (SSSR count). The van der Waals surface area contributed by atoms with E-state index in [1.165, 1.54) is 6.92 Å². The lowest BCUT2D eigenvalue weighted by atomic mass is 10.3. The van der Waals surface area contributed by atoms with E-state index in [2.05, 4.69) is 28.7 Å². The highest BCUT2D eigenvalue weighted by Crippen LogP contribution is 1.98. The molecule has 1 aromatic heterocycles. The number of likely N-dealkylation sites (N-methyl/N-ethyl adjacent to an activating group) is 1. The molecule has 0 aliphatic rings. The van der Waals surface area contributed by atoms with Gasteiger partial charge in [-0.15, -0.1) is 0 Å². The van der Waals surface area contributed by atoms with Gasteiger partial charge in [0.15, 0.2) is 0 Å². The molecule has 0 aromatic carbocycles. The van der Waals surface area contributed by atoms with Gasteiger partial charge in [0.2, 0.25) is 5.82 Å². The molecule has 0 radical (unpaired) electrons. The van der Waals surface area contributed by atoms with Crippen LogP contribution in [0.1, 0.15) is 25.4 Å².